The Balaban J connectivity index is 1.46. The molecule has 2 fully saturated rings. The van der Waals surface area contributed by atoms with Crippen molar-refractivity contribution in [3.63, 3.8) is 0 Å². The largest absolute Gasteiger partial charge is 0.481 e. The second kappa shape index (κ2) is 8.93. The van der Waals surface area contributed by atoms with Gasteiger partial charge in [0.15, 0.2) is 11.5 Å². The number of likely N-dealkylation sites (tertiary alicyclic amines) is 1. The fourth-order valence-corrected chi connectivity index (χ4v) is 4.89. The van der Waals surface area contributed by atoms with E-state index in [4.69, 9.17) is 4.52 Å². The number of nitrogens with one attached hydrogen (secondary N) is 1. The maximum absolute atomic E-state index is 14.0. The van der Waals surface area contributed by atoms with E-state index in [2.05, 4.69) is 22.3 Å². The first-order valence-corrected chi connectivity index (χ1v) is 10.6. The molecule has 0 bridgehead atoms. The van der Waals surface area contributed by atoms with Gasteiger partial charge in [-0.25, -0.2) is 13.2 Å². The third-order valence-corrected chi connectivity index (χ3v) is 6.56. The molecule has 2 N–H and O–H groups in total. The van der Waals surface area contributed by atoms with Crippen molar-refractivity contribution in [2.45, 2.75) is 44.7 Å². The van der Waals surface area contributed by atoms with Crippen LogP contribution in [0.4, 0.5) is 13.2 Å². The topological polar surface area (TPSA) is 95.7 Å². The zero-order valence-corrected chi connectivity index (χ0v) is 17.5. The van der Waals surface area contributed by atoms with Crippen molar-refractivity contribution in [2.24, 2.45) is 11.8 Å². The Bertz CT molecular complexity index is 1000. The molecule has 10 heteroatoms. The Morgan fingerprint density at radius 3 is 2.50 bits per heavy atom. The molecule has 0 radical (unpaired) electrons. The van der Waals surface area contributed by atoms with E-state index < -0.39 is 46.9 Å². The van der Waals surface area contributed by atoms with Crippen molar-refractivity contribution in [1.82, 2.24) is 15.4 Å². The van der Waals surface area contributed by atoms with Gasteiger partial charge in [0.1, 0.15) is 17.5 Å². The normalized spacial score (nSPS) is 26.2. The van der Waals surface area contributed by atoms with Crippen molar-refractivity contribution in [3.05, 3.63) is 41.3 Å². The number of hydrogen-bond donors (Lipinski definition) is 2. The molecule has 1 saturated carbocycles. The highest BCUT2D eigenvalue weighted by Gasteiger charge is 2.40. The third-order valence-electron chi connectivity index (χ3n) is 6.56. The average Bonchev–Trinajstić information content (AvgIpc) is 3.37. The first kappa shape index (κ1) is 22.3. The molecule has 1 saturated heterocycles. The summed E-state index contributed by atoms with van der Waals surface area (Å²) < 4.78 is 46.0. The molecular formula is C22H24F3N3O4. The summed E-state index contributed by atoms with van der Waals surface area (Å²) in [5.74, 6) is -5.82. The van der Waals surface area contributed by atoms with Crippen molar-refractivity contribution in [1.29, 1.82) is 0 Å². The number of carboxylic acid groups (broad SMARTS) is 1. The smallest absolute Gasteiger partial charge is 0.309 e. The lowest BCUT2D eigenvalue weighted by Crippen LogP contribution is -2.56. The van der Waals surface area contributed by atoms with Crippen LogP contribution in [0.5, 0.6) is 0 Å². The number of piperidine rings is 1. The maximum atomic E-state index is 14.0. The minimum Gasteiger partial charge on any atom is -0.481 e. The van der Waals surface area contributed by atoms with Crippen LogP contribution in [0.2, 0.25) is 0 Å². The fourth-order valence-electron chi connectivity index (χ4n) is 4.89. The summed E-state index contributed by atoms with van der Waals surface area (Å²) in [5, 5.41) is 16.0. The number of carbonyl (C=O) groups excluding carboxylic acids is 1. The summed E-state index contributed by atoms with van der Waals surface area (Å²) in [7, 11) is 0. The number of rotatable bonds is 5. The molecule has 7 nitrogen and oxygen atoms in total. The van der Waals surface area contributed by atoms with Crippen LogP contribution in [0, 0.1) is 29.3 Å². The summed E-state index contributed by atoms with van der Waals surface area (Å²) >= 11 is 0. The van der Waals surface area contributed by atoms with Gasteiger partial charge in [0.05, 0.1) is 11.5 Å². The number of halogens is 3. The van der Waals surface area contributed by atoms with E-state index in [0.29, 0.717) is 43.6 Å². The lowest BCUT2D eigenvalue weighted by molar-refractivity contribution is -0.145. The third kappa shape index (κ3) is 4.36. The van der Waals surface area contributed by atoms with Crippen molar-refractivity contribution < 1.29 is 32.4 Å². The van der Waals surface area contributed by atoms with Crippen LogP contribution < -0.4 is 5.32 Å². The minimum atomic E-state index is -1.19. The lowest BCUT2D eigenvalue weighted by Gasteiger charge is -2.41. The molecule has 4 atom stereocenters. The first-order valence-electron chi connectivity index (χ1n) is 10.6. The quantitative estimate of drug-likeness (QED) is 0.723. The molecule has 2 heterocycles. The minimum absolute atomic E-state index is 0.251. The van der Waals surface area contributed by atoms with Crippen LogP contribution >= 0.6 is 0 Å². The molecule has 0 spiro atoms. The Morgan fingerprint density at radius 1 is 1.16 bits per heavy atom. The summed E-state index contributed by atoms with van der Waals surface area (Å²) in [5.41, 5.74) is -0.889. The lowest BCUT2D eigenvalue weighted by atomic mass is 9.89. The van der Waals surface area contributed by atoms with E-state index >= 15 is 0 Å². The number of benzene rings is 1. The molecule has 4 rings (SSSR count). The Hall–Kier alpha value is -2.88. The van der Waals surface area contributed by atoms with Crippen molar-refractivity contribution in [2.75, 3.05) is 13.1 Å². The van der Waals surface area contributed by atoms with Crippen LogP contribution in [-0.2, 0) is 4.79 Å². The van der Waals surface area contributed by atoms with E-state index in [0.717, 1.165) is 25.3 Å². The molecular weight excluding hydrogens is 427 g/mol. The maximum Gasteiger partial charge on any atom is 0.309 e. The summed E-state index contributed by atoms with van der Waals surface area (Å²) in [4.78, 5) is 26.7. The van der Waals surface area contributed by atoms with Crippen molar-refractivity contribution >= 4 is 11.9 Å². The van der Waals surface area contributed by atoms with Gasteiger partial charge in [-0.15, -0.1) is 0 Å². The van der Waals surface area contributed by atoms with Gasteiger partial charge in [0.2, 0.25) is 0 Å². The average molecular weight is 451 g/mol. The molecule has 0 unspecified atom stereocenters. The van der Waals surface area contributed by atoms with E-state index in [9.17, 15) is 27.9 Å². The second-order valence-electron chi connectivity index (χ2n) is 8.60. The van der Waals surface area contributed by atoms with Gasteiger partial charge in [-0.3, -0.25) is 14.5 Å². The summed E-state index contributed by atoms with van der Waals surface area (Å²) in [6.07, 6.45) is 3.76. The SMILES string of the molecule is C[C@@H]1CCC[C@H]1N1CC[C@H](NC(=O)c2cc(-c3c(F)cc(F)cc3F)on2)[C@@H](C(=O)O)C1. The number of aromatic nitrogens is 1. The molecule has 1 aliphatic carbocycles. The molecule has 32 heavy (non-hydrogen) atoms. The number of nitrogens with zero attached hydrogens (tertiary/aromatic N) is 2. The molecule has 1 amide bonds. The van der Waals surface area contributed by atoms with Crippen LogP contribution in [-0.4, -0.2) is 52.2 Å². The molecule has 2 aliphatic rings. The van der Waals surface area contributed by atoms with E-state index in [1.165, 1.54) is 0 Å². The predicted octanol–water partition coefficient (Wildman–Crippen LogP) is 3.45. The first-order chi connectivity index (χ1) is 15.2. The molecule has 1 aromatic carbocycles. The van der Waals surface area contributed by atoms with E-state index in [1.807, 2.05) is 0 Å². The number of carbonyl (C=O) groups is 2. The van der Waals surface area contributed by atoms with Crippen molar-refractivity contribution in [3.8, 4) is 11.3 Å². The fraction of sp³-hybridized carbons (Fsp3) is 0.500. The zero-order chi connectivity index (χ0) is 23.0. The highest BCUT2D eigenvalue weighted by Crippen LogP contribution is 2.33. The molecule has 1 aromatic heterocycles. The van der Waals surface area contributed by atoms with Crippen LogP contribution in [0.1, 0.15) is 43.1 Å². The van der Waals surface area contributed by atoms with Crippen LogP contribution in [0.25, 0.3) is 11.3 Å². The number of hydrogen-bond acceptors (Lipinski definition) is 5. The van der Waals surface area contributed by atoms with Gasteiger partial charge < -0.3 is 14.9 Å². The van der Waals surface area contributed by atoms with Gasteiger partial charge in [-0.1, -0.05) is 18.5 Å². The Labute approximate surface area is 182 Å². The van der Waals surface area contributed by atoms with E-state index in [1.54, 1.807) is 0 Å². The van der Waals surface area contributed by atoms with E-state index in [-0.39, 0.29) is 11.5 Å². The number of amides is 1. The van der Waals surface area contributed by atoms with Gasteiger partial charge in [0.25, 0.3) is 5.91 Å². The van der Waals surface area contributed by atoms with Gasteiger partial charge >= 0.3 is 5.97 Å². The molecule has 2 aromatic rings. The van der Waals surface area contributed by atoms with Crippen LogP contribution in [0.3, 0.4) is 0 Å². The van der Waals surface area contributed by atoms with Gasteiger partial charge in [-0.2, -0.15) is 0 Å². The summed E-state index contributed by atoms with van der Waals surface area (Å²) in [6.45, 7) is 3.18. The monoisotopic (exact) mass is 451 g/mol. The predicted molar refractivity (Wildman–Crippen MR) is 107 cm³/mol. The van der Waals surface area contributed by atoms with Gasteiger partial charge in [-0.05, 0) is 25.2 Å². The van der Waals surface area contributed by atoms with Gasteiger partial charge in [0, 0.05) is 43.4 Å². The second-order valence-corrected chi connectivity index (χ2v) is 8.60. The number of carboxylic acids is 1. The zero-order valence-electron chi connectivity index (χ0n) is 17.5. The molecule has 1 aliphatic heterocycles. The highest BCUT2D eigenvalue weighted by atomic mass is 19.1. The standard InChI is InChI=1S/C22H24F3N3O4/c1-11-3-2-4-18(11)28-6-5-16(13(10-28)22(30)31)26-21(29)17-9-19(32-27-17)20-14(24)7-12(23)8-15(20)25/h7-9,11,13,16,18H,2-6,10H2,1H3,(H,26,29)(H,30,31)/t11-,13+,16+,18-/m1/s1. The Morgan fingerprint density at radius 2 is 1.88 bits per heavy atom. The Kier molecular flexibility index (Phi) is 6.23. The van der Waals surface area contributed by atoms with Crippen LogP contribution in [0.15, 0.2) is 22.7 Å². The highest BCUT2D eigenvalue weighted by molar-refractivity contribution is 5.93. The molecule has 172 valence electrons. The number of aliphatic carboxylic acids is 1. The summed E-state index contributed by atoms with van der Waals surface area (Å²) in [6, 6.07) is 1.77.